The minimum Gasteiger partial charge on any atom is -0.361 e. The van der Waals surface area contributed by atoms with Crippen LogP contribution in [0.25, 0.3) is 10.9 Å². The quantitative estimate of drug-likeness (QED) is 0.740. The van der Waals surface area contributed by atoms with E-state index < -0.39 is 0 Å². The van der Waals surface area contributed by atoms with Crippen molar-refractivity contribution in [1.82, 2.24) is 29.5 Å². The number of aromatic amines is 1. The lowest BCUT2D eigenvalue weighted by atomic mass is 9.70. The normalized spacial score (nSPS) is 23.0. The summed E-state index contributed by atoms with van der Waals surface area (Å²) < 4.78 is 2.13. The summed E-state index contributed by atoms with van der Waals surface area (Å²) in [5, 5.41) is 10.00. The second-order valence-electron chi connectivity index (χ2n) is 9.41. The van der Waals surface area contributed by atoms with Gasteiger partial charge in [-0.3, -0.25) is 9.80 Å². The molecular weight excluding hydrogens is 360 g/mol. The molecule has 1 unspecified atom stereocenters. The number of fused-ring (bicyclic) bond motifs is 1. The van der Waals surface area contributed by atoms with E-state index >= 15 is 0 Å². The third-order valence-electron chi connectivity index (χ3n) is 7.34. The minimum atomic E-state index is 0.324. The number of nitrogens with one attached hydrogen (secondary N) is 1. The number of aryl methyl sites for hydroxylation is 1. The van der Waals surface area contributed by atoms with Gasteiger partial charge in [-0.1, -0.05) is 12.1 Å². The molecule has 3 aromatic rings. The number of hydrogen-bond donors (Lipinski definition) is 1. The Kier molecular flexibility index (Phi) is 4.71. The van der Waals surface area contributed by atoms with Gasteiger partial charge in [0.25, 0.3) is 0 Å². The van der Waals surface area contributed by atoms with Crippen LogP contribution in [0.2, 0.25) is 0 Å². The molecule has 0 bridgehead atoms. The van der Waals surface area contributed by atoms with Crippen molar-refractivity contribution in [2.45, 2.75) is 45.2 Å². The van der Waals surface area contributed by atoms with E-state index in [1.807, 2.05) is 12.5 Å². The Morgan fingerprint density at radius 3 is 2.76 bits per heavy atom. The van der Waals surface area contributed by atoms with Crippen molar-refractivity contribution in [3.63, 3.8) is 0 Å². The molecule has 0 radical (unpaired) electrons. The van der Waals surface area contributed by atoms with Crippen molar-refractivity contribution >= 4 is 10.9 Å². The van der Waals surface area contributed by atoms with E-state index in [-0.39, 0.29) is 0 Å². The van der Waals surface area contributed by atoms with E-state index in [0.29, 0.717) is 17.4 Å². The fourth-order valence-corrected chi connectivity index (χ4v) is 5.48. The molecule has 0 amide bonds. The number of hydrogen-bond acceptors (Lipinski definition) is 4. The Hall–Kier alpha value is -2.18. The van der Waals surface area contributed by atoms with Crippen molar-refractivity contribution in [3.05, 3.63) is 48.2 Å². The maximum Gasteiger partial charge on any atom is 0.137 e. The lowest BCUT2D eigenvalue weighted by Gasteiger charge is -2.42. The zero-order valence-electron chi connectivity index (χ0n) is 17.8. The van der Waals surface area contributed by atoms with Crippen LogP contribution in [0.5, 0.6) is 0 Å². The molecule has 154 valence electrons. The highest BCUT2D eigenvalue weighted by atomic mass is 15.3. The van der Waals surface area contributed by atoms with Gasteiger partial charge in [-0.15, -0.1) is 10.2 Å². The summed E-state index contributed by atoms with van der Waals surface area (Å²) >= 11 is 0. The third kappa shape index (κ3) is 3.38. The smallest absolute Gasteiger partial charge is 0.137 e. The molecule has 5 rings (SSSR count). The molecule has 2 aliphatic rings. The number of nitrogens with zero attached hydrogens (tertiary/aromatic N) is 5. The number of piperidine rings is 1. The lowest BCUT2D eigenvalue weighted by Crippen LogP contribution is -2.44. The molecule has 0 aliphatic carbocycles. The molecule has 29 heavy (non-hydrogen) atoms. The van der Waals surface area contributed by atoms with Gasteiger partial charge in [0.1, 0.15) is 12.2 Å². The van der Waals surface area contributed by atoms with Crippen molar-refractivity contribution in [1.29, 1.82) is 0 Å². The summed E-state index contributed by atoms with van der Waals surface area (Å²) in [6, 6.07) is 9.53. The van der Waals surface area contributed by atoms with Crippen LogP contribution in [0.4, 0.5) is 0 Å². The standard InChI is InChI=1S/C23H32N6/c1-17(2)29-14-20(22-26-25-16-27(22)3)23(15-29)7-10-28(11-8-23)13-18-4-5-19-6-9-24-21(19)12-18/h4-6,9,12,16-17,20,24H,7-8,10-11,13-15H2,1-3H3. The van der Waals surface area contributed by atoms with Gasteiger partial charge in [0, 0.05) is 50.4 Å². The van der Waals surface area contributed by atoms with Gasteiger partial charge in [0.05, 0.1) is 0 Å². The molecule has 6 nitrogen and oxygen atoms in total. The summed E-state index contributed by atoms with van der Waals surface area (Å²) in [5.74, 6) is 1.65. The second kappa shape index (κ2) is 7.26. The summed E-state index contributed by atoms with van der Waals surface area (Å²) in [4.78, 5) is 8.61. The molecule has 2 aliphatic heterocycles. The molecule has 1 aromatic carbocycles. The number of benzene rings is 1. The molecular formula is C23H32N6. The highest BCUT2D eigenvalue weighted by Crippen LogP contribution is 2.49. The average molecular weight is 393 g/mol. The van der Waals surface area contributed by atoms with Crippen LogP contribution in [0.1, 0.15) is 44.0 Å². The molecule has 2 fully saturated rings. The van der Waals surface area contributed by atoms with Crippen LogP contribution in [0.3, 0.4) is 0 Å². The van der Waals surface area contributed by atoms with Gasteiger partial charge in [-0.2, -0.15) is 0 Å². The van der Waals surface area contributed by atoms with Crippen LogP contribution >= 0.6 is 0 Å². The molecule has 2 saturated heterocycles. The van der Waals surface area contributed by atoms with Gasteiger partial charge in [-0.25, -0.2) is 0 Å². The Labute approximate surface area is 172 Å². The largest absolute Gasteiger partial charge is 0.361 e. The van der Waals surface area contributed by atoms with E-state index in [1.165, 1.54) is 41.7 Å². The maximum atomic E-state index is 4.52. The first-order valence-electron chi connectivity index (χ1n) is 10.9. The van der Waals surface area contributed by atoms with Crippen LogP contribution < -0.4 is 0 Å². The summed E-state index contributed by atoms with van der Waals surface area (Å²) in [5.41, 5.74) is 2.96. The van der Waals surface area contributed by atoms with Gasteiger partial charge < -0.3 is 9.55 Å². The predicted molar refractivity (Wildman–Crippen MR) is 116 cm³/mol. The minimum absolute atomic E-state index is 0.324. The number of H-pyrrole nitrogens is 1. The SMILES string of the molecule is CC(C)N1CC(c2nncn2C)C2(CCN(Cc3ccc4cc[nH]c4c3)CC2)C1. The van der Waals surface area contributed by atoms with E-state index in [4.69, 9.17) is 0 Å². The number of aromatic nitrogens is 4. The lowest BCUT2D eigenvalue weighted by molar-refractivity contribution is 0.0866. The summed E-state index contributed by atoms with van der Waals surface area (Å²) in [7, 11) is 2.09. The highest BCUT2D eigenvalue weighted by molar-refractivity contribution is 5.79. The molecule has 1 N–H and O–H groups in total. The zero-order chi connectivity index (χ0) is 20.0. The Morgan fingerprint density at radius 2 is 2.03 bits per heavy atom. The van der Waals surface area contributed by atoms with E-state index in [2.05, 4.69) is 74.7 Å². The van der Waals surface area contributed by atoms with Crippen LogP contribution in [-0.2, 0) is 13.6 Å². The topological polar surface area (TPSA) is 53.0 Å². The van der Waals surface area contributed by atoms with Crippen molar-refractivity contribution in [2.75, 3.05) is 26.2 Å². The molecule has 0 saturated carbocycles. The van der Waals surface area contributed by atoms with Crippen molar-refractivity contribution in [2.24, 2.45) is 12.5 Å². The Morgan fingerprint density at radius 1 is 1.21 bits per heavy atom. The van der Waals surface area contributed by atoms with Gasteiger partial charge in [0.2, 0.25) is 0 Å². The van der Waals surface area contributed by atoms with Crippen molar-refractivity contribution in [3.8, 4) is 0 Å². The van der Waals surface area contributed by atoms with Gasteiger partial charge >= 0.3 is 0 Å². The van der Waals surface area contributed by atoms with Gasteiger partial charge in [-0.05, 0) is 68.3 Å². The van der Waals surface area contributed by atoms with E-state index in [0.717, 1.165) is 26.2 Å². The molecule has 6 heteroatoms. The molecule has 1 spiro atoms. The van der Waals surface area contributed by atoms with Crippen LogP contribution in [0.15, 0.2) is 36.8 Å². The first-order chi connectivity index (χ1) is 14.0. The van der Waals surface area contributed by atoms with Gasteiger partial charge in [0.15, 0.2) is 0 Å². The number of rotatable bonds is 4. The molecule has 1 atom stereocenters. The second-order valence-corrected chi connectivity index (χ2v) is 9.41. The predicted octanol–water partition coefficient (Wildman–Crippen LogP) is 3.39. The summed E-state index contributed by atoms with van der Waals surface area (Å²) in [6.45, 7) is 10.3. The average Bonchev–Trinajstić information content (AvgIpc) is 3.42. The van der Waals surface area contributed by atoms with Crippen LogP contribution in [-0.4, -0.2) is 61.8 Å². The fourth-order valence-electron chi connectivity index (χ4n) is 5.48. The van der Waals surface area contributed by atoms with E-state index in [9.17, 15) is 0 Å². The Bertz CT molecular complexity index is 978. The summed E-state index contributed by atoms with van der Waals surface area (Å²) in [6.07, 6.45) is 6.34. The third-order valence-corrected chi connectivity index (χ3v) is 7.34. The maximum absolute atomic E-state index is 4.52. The molecule has 2 aromatic heterocycles. The van der Waals surface area contributed by atoms with E-state index in [1.54, 1.807) is 0 Å². The first-order valence-corrected chi connectivity index (χ1v) is 10.9. The number of likely N-dealkylation sites (tertiary alicyclic amines) is 2. The Balaban J connectivity index is 1.32. The fraction of sp³-hybridized carbons (Fsp3) is 0.565. The first kappa shape index (κ1) is 18.8. The zero-order valence-corrected chi connectivity index (χ0v) is 17.8. The van der Waals surface area contributed by atoms with Crippen LogP contribution in [0, 0.1) is 5.41 Å². The highest BCUT2D eigenvalue weighted by Gasteiger charge is 2.50. The van der Waals surface area contributed by atoms with Crippen molar-refractivity contribution < 1.29 is 0 Å². The molecule has 4 heterocycles. The monoisotopic (exact) mass is 392 g/mol.